The van der Waals surface area contributed by atoms with Gasteiger partial charge in [0.15, 0.2) is 0 Å². The van der Waals surface area contributed by atoms with Crippen LogP contribution < -0.4 is 0 Å². The second kappa shape index (κ2) is 8.95. The Morgan fingerprint density at radius 1 is 0.926 bits per heavy atom. The van der Waals surface area contributed by atoms with Crippen LogP contribution in [0.15, 0.2) is 30.3 Å². The molecule has 0 aliphatic heterocycles. The molecule has 0 fully saturated rings. The lowest BCUT2D eigenvalue weighted by Gasteiger charge is -2.24. The van der Waals surface area contributed by atoms with Crippen LogP contribution >= 0.6 is 0 Å². The van der Waals surface area contributed by atoms with E-state index in [0.717, 1.165) is 43.2 Å². The van der Waals surface area contributed by atoms with E-state index in [4.69, 9.17) is 0 Å². The van der Waals surface area contributed by atoms with Crippen LogP contribution in [0.2, 0.25) is 0 Å². The van der Waals surface area contributed by atoms with Crippen LogP contribution in [0.1, 0.15) is 80.7 Å². The first-order valence-corrected chi connectivity index (χ1v) is 10.1. The third-order valence-corrected chi connectivity index (χ3v) is 5.52. The molecule has 0 saturated carbocycles. The van der Waals surface area contributed by atoms with Gasteiger partial charge in [0.2, 0.25) is 0 Å². The number of rotatable bonds is 7. The van der Waals surface area contributed by atoms with Gasteiger partial charge in [0.25, 0.3) is 0 Å². The number of hydrogen-bond donors (Lipinski definition) is 0. The molecule has 0 aromatic heterocycles. The van der Waals surface area contributed by atoms with Crippen LogP contribution in [0.4, 0.5) is 13.2 Å². The van der Waals surface area contributed by atoms with Crippen LogP contribution in [0.25, 0.3) is 11.1 Å². The van der Waals surface area contributed by atoms with E-state index in [1.165, 1.54) is 34.4 Å². The van der Waals surface area contributed by atoms with E-state index in [-0.39, 0.29) is 0 Å². The summed E-state index contributed by atoms with van der Waals surface area (Å²) in [6.07, 6.45) is 0.803. The zero-order chi connectivity index (χ0) is 20.2. The fourth-order valence-electron chi connectivity index (χ4n) is 3.79. The Bertz CT molecular complexity index is 755. The standard InChI is InChI=1S/C24H31F3/c1-6-9-19-15-22(16(4)8-3)23(21(10-7-2)17(19)5)18-11-13-20(14-12-18)24(25,26)27/h11-16H,6-10H2,1-5H3. The van der Waals surface area contributed by atoms with Crippen molar-refractivity contribution in [3.05, 3.63) is 58.1 Å². The minimum atomic E-state index is -4.30. The maximum absolute atomic E-state index is 13.0. The van der Waals surface area contributed by atoms with Crippen molar-refractivity contribution in [1.82, 2.24) is 0 Å². The van der Waals surface area contributed by atoms with Crippen LogP contribution in [-0.2, 0) is 19.0 Å². The van der Waals surface area contributed by atoms with Gasteiger partial charge in [0.1, 0.15) is 0 Å². The maximum Gasteiger partial charge on any atom is 0.416 e. The van der Waals surface area contributed by atoms with Crippen LogP contribution in [-0.4, -0.2) is 0 Å². The van der Waals surface area contributed by atoms with E-state index in [9.17, 15) is 13.2 Å². The van der Waals surface area contributed by atoms with Gasteiger partial charge in [-0.05, 0) is 77.6 Å². The molecular formula is C24H31F3. The summed E-state index contributed by atoms with van der Waals surface area (Å²) in [5.74, 6) is 0.370. The molecule has 0 N–H and O–H groups in total. The van der Waals surface area contributed by atoms with E-state index in [2.05, 4.69) is 40.7 Å². The predicted octanol–water partition coefficient (Wildman–Crippen LogP) is 8.10. The first-order valence-electron chi connectivity index (χ1n) is 10.1. The van der Waals surface area contributed by atoms with Crippen molar-refractivity contribution in [2.75, 3.05) is 0 Å². The average Bonchev–Trinajstić information content (AvgIpc) is 2.63. The quantitative estimate of drug-likeness (QED) is 0.458. The summed E-state index contributed by atoms with van der Waals surface area (Å²) >= 11 is 0. The summed E-state index contributed by atoms with van der Waals surface area (Å²) in [6.45, 7) is 10.9. The van der Waals surface area contributed by atoms with Gasteiger partial charge >= 0.3 is 6.18 Å². The maximum atomic E-state index is 13.0. The van der Waals surface area contributed by atoms with Gasteiger partial charge in [0.05, 0.1) is 5.56 Å². The lowest BCUT2D eigenvalue weighted by molar-refractivity contribution is -0.137. The predicted molar refractivity (Wildman–Crippen MR) is 108 cm³/mol. The second-order valence-electron chi connectivity index (χ2n) is 7.49. The van der Waals surface area contributed by atoms with Crippen molar-refractivity contribution in [3.8, 4) is 11.1 Å². The molecular weight excluding hydrogens is 345 g/mol. The van der Waals surface area contributed by atoms with Crippen LogP contribution in [0.5, 0.6) is 0 Å². The van der Waals surface area contributed by atoms with Gasteiger partial charge in [-0.15, -0.1) is 0 Å². The first-order chi connectivity index (χ1) is 12.7. The zero-order valence-corrected chi connectivity index (χ0v) is 17.1. The van der Waals surface area contributed by atoms with Crippen molar-refractivity contribution in [2.45, 2.75) is 78.8 Å². The molecule has 0 aliphatic rings. The van der Waals surface area contributed by atoms with E-state index >= 15 is 0 Å². The summed E-state index contributed by atoms with van der Waals surface area (Å²) in [6, 6.07) is 8.00. The Balaban J connectivity index is 2.73. The molecule has 1 atom stereocenters. The molecule has 1 unspecified atom stereocenters. The Morgan fingerprint density at radius 2 is 1.52 bits per heavy atom. The van der Waals surface area contributed by atoms with Gasteiger partial charge < -0.3 is 0 Å². The third-order valence-electron chi connectivity index (χ3n) is 5.52. The van der Waals surface area contributed by atoms with Crippen molar-refractivity contribution in [1.29, 1.82) is 0 Å². The van der Waals surface area contributed by atoms with Gasteiger partial charge in [-0.2, -0.15) is 13.2 Å². The fraction of sp³-hybridized carbons (Fsp3) is 0.500. The van der Waals surface area contributed by atoms with E-state index in [0.29, 0.717) is 5.92 Å². The lowest BCUT2D eigenvalue weighted by atomic mass is 9.81. The lowest BCUT2D eigenvalue weighted by Crippen LogP contribution is -2.07. The van der Waals surface area contributed by atoms with Crippen LogP contribution in [0.3, 0.4) is 0 Å². The van der Waals surface area contributed by atoms with Crippen molar-refractivity contribution in [2.24, 2.45) is 0 Å². The number of alkyl halides is 3. The monoisotopic (exact) mass is 376 g/mol. The molecule has 0 nitrogen and oxygen atoms in total. The Labute approximate surface area is 161 Å². The summed E-state index contributed by atoms with van der Waals surface area (Å²) in [4.78, 5) is 0. The van der Waals surface area contributed by atoms with Crippen LogP contribution in [0, 0.1) is 6.92 Å². The van der Waals surface area contributed by atoms with Gasteiger partial charge in [-0.3, -0.25) is 0 Å². The Kier molecular flexibility index (Phi) is 7.13. The largest absolute Gasteiger partial charge is 0.416 e. The molecule has 27 heavy (non-hydrogen) atoms. The molecule has 2 aromatic carbocycles. The number of hydrogen-bond acceptors (Lipinski definition) is 0. The number of benzene rings is 2. The number of halogens is 3. The minimum Gasteiger partial charge on any atom is -0.166 e. The SMILES string of the molecule is CCCc1cc(C(C)CC)c(-c2ccc(C(F)(F)F)cc2)c(CCC)c1C. The normalized spacial score (nSPS) is 13.0. The topological polar surface area (TPSA) is 0 Å². The summed E-state index contributed by atoms with van der Waals surface area (Å²) in [5.41, 5.74) is 6.72. The molecule has 0 aliphatic carbocycles. The highest BCUT2D eigenvalue weighted by atomic mass is 19.4. The van der Waals surface area contributed by atoms with Gasteiger partial charge in [-0.1, -0.05) is 58.7 Å². The fourth-order valence-corrected chi connectivity index (χ4v) is 3.79. The third kappa shape index (κ3) is 4.75. The zero-order valence-electron chi connectivity index (χ0n) is 17.1. The highest BCUT2D eigenvalue weighted by molar-refractivity contribution is 5.74. The summed E-state index contributed by atoms with van der Waals surface area (Å²) in [5, 5.41) is 0. The van der Waals surface area contributed by atoms with Crippen molar-refractivity contribution >= 4 is 0 Å². The Morgan fingerprint density at radius 3 is 2.00 bits per heavy atom. The van der Waals surface area contributed by atoms with E-state index in [1.54, 1.807) is 12.1 Å². The van der Waals surface area contributed by atoms with E-state index in [1.807, 2.05) is 0 Å². The highest BCUT2D eigenvalue weighted by Crippen LogP contribution is 2.39. The molecule has 2 aromatic rings. The molecule has 3 heteroatoms. The summed E-state index contributed by atoms with van der Waals surface area (Å²) in [7, 11) is 0. The van der Waals surface area contributed by atoms with Gasteiger partial charge in [0, 0.05) is 0 Å². The summed E-state index contributed by atoms with van der Waals surface area (Å²) < 4.78 is 39.0. The molecule has 0 amide bonds. The van der Waals surface area contributed by atoms with Crippen molar-refractivity contribution < 1.29 is 13.2 Å². The van der Waals surface area contributed by atoms with E-state index < -0.39 is 11.7 Å². The minimum absolute atomic E-state index is 0.370. The van der Waals surface area contributed by atoms with Crippen molar-refractivity contribution in [3.63, 3.8) is 0 Å². The molecule has 2 rings (SSSR count). The smallest absolute Gasteiger partial charge is 0.166 e. The van der Waals surface area contributed by atoms with Gasteiger partial charge in [-0.25, -0.2) is 0 Å². The molecule has 0 saturated heterocycles. The average molecular weight is 377 g/mol. The molecule has 0 spiro atoms. The first kappa shape index (κ1) is 21.5. The second-order valence-corrected chi connectivity index (χ2v) is 7.49. The number of aryl methyl sites for hydroxylation is 1. The molecule has 148 valence electrons. The molecule has 0 bridgehead atoms. The highest BCUT2D eigenvalue weighted by Gasteiger charge is 2.30. The Hall–Kier alpha value is -1.77. The molecule has 0 radical (unpaired) electrons. The molecule has 0 heterocycles.